The summed E-state index contributed by atoms with van der Waals surface area (Å²) in [5.41, 5.74) is 2.20. The molecule has 1 aliphatic heterocycles. The molecular weight excluding hydrogens is 373 g/mol. The molecule has 0 fully saturated rings. The number of oxime groups is 1. The average Bonchev–Trinajstić information content (AvgIpc) is 3.18. The zero-order valence-corrected chi connectivity index (χ0v) is 16.4. The van der Waals surface area contributed by atoms with Crippen molar-refractivity contribution in [3.05, 3.63) is 71.5 Å². The molecule has 29 heavy (non-hydrogen) atoms. The molecule has 6 nitrogen and oxygen atoms in total. The van der Waals surface area contributed by atoms with E-state index in [4.69, 9.17) is 4.84 Å². The second kappa shape index (κ2) is 9.32. The first-order chi connectivity index (χ1) is 13.9. The minimum atomic E-state index is -0.833. The molecule has 0 aromatic heterocycles. The van der Waals surface area contributed by atoms with Gasteiger partial charge in [0.15, 0.2) is 0 Å². The van der Waals surface area contributed by atoms with E-state index in [0.29, 0.717) is 17.7 Å². The highest BCUT2D eigenvalue weighted by Gasteiger charge is 2.32. The molecule has 152 valence electrons. The van der Waals surface area contributed by atoms with Crippen LogP contribution >= 0.6 is 0 Å². The molecule has 2 aromatic carbocycles. The number of hydrogen-bond acceptors (Lipinski definition) is 4. The molecule has 1 heterocycles. The third kappa shape index (κ3) is 5.63. The van der Waals surface area contributed by atoms with Crippen LogP contribution in [-0.2, 0) is 20.8 Å². The minimum Gasteiger partial charge on any atom is -0.382 e. The lowest BCUT2D eigenvalue weighted by atomic mass is 10.0. The lowest BCUT2D eigenvalue weighted by Crippen LogP contribution is -2.52. The Hall–Kier alpha value is -3.22. The van der Waals surface area contributed by atoms with Gasteiger partial charge >= 0.3 is 0 Å². The standard InChI is InChI=1S/C22H24FN3O3/c1-14(2)24-21(27)19(12-15-6-4-3-5-7-15)25-22(28)20-13-18(26-29-20)16-8-10-17(23)11-9-16/h3-11,14,19-20H,12-13H2,1-2H3,(H,24,27)(H,25,28). The second-order valence-corrected chi connectivity index (χ2v) is 7.26. The SMILES string of the molecule is CC(C)NC(=O)C(Cc1ccccc1)NC(=O)C1CC(c2ccc(F)cc2)=NO1. The highest BCUT2D eigenvalue weighted by Crippen LogP contribution is 2.18. The molecule has 2 aromatic rings. The van der Waals surface area contributed by atoms with Gasteiger partial charge in [0, 0.05) is 18.9 Å². The average molecular weight is 397 g/mol. The van der Waals surface area contributed by atoms with Crippen molar-refractivity contribution in [1.82, 2.24) is 10.6 Å². The summed E-state index contributed by atoms with van der Waals surface area (Å²) in [5.74, 6) is -1.01. The number of hydrogen-bond donors (Lipinski definition) is 2. The van der Waals surface area contributed by atoms with E-state index < -0.39 is 18.1 Å². The number of nitrogens with zero attached hydrogens (tertiary/aromatic N) is 1. The number of rotatable bonds is 7. The first kappa shape index (κ1) is 20.5. The van der Waals surface area contributed by atoms with E-state index in [1.165, 1.54) is 12.1 Å². The molecule has 7 heteroatoms. The minimum absolute atomic E-state index is 0.0474. The summed E-state index contributed by atoms with van der Waals surface area (Å²) in [7, 11) is 0. The van der Waals surface area contributed by atoms with Gasteiger partial charge < -0.3 is 15.5 Å². The van der Waals surface area contributed by atoms with Gasteiger partial charge in [-0.25, -0.2) is 4.39 Å². The molecule has 2 unspecified atom stereocenters. The number of halogens is 1. The highest BCUT2D eigenvalue weighted by molar-refractivity contribution is 6.04. The van der Waals surface area contributed by atoms with Crippen LogP contribution in [0.1, 0.15) is 31.4 Å². The van der Waals surface area contributed by atoms with Crippen molar-refractivity contribution in [1.29, 1.82) is 0 Å². The van der Waals surface area contributed by atoms with E-state index in [1.807, 2.05) is 44.2 Å². The summed E-state index contributed by atoms with van der Waals surface area (Å²) in [6, 6.07) is 14.5. The van der Waals surface area contributed by atoms with Crippen LogP contribution in [0.2, 0.25) is 0 Å². The van der Waals surface area contributed by atoms with Gasteiger partial charge in [-0.3, -0.25) is 9.59 Å². The fourth-order valence-electron chi connectivity index (χ4n) is 3.04. The maximum absolute atomic E-state index is 13.1. The Kier molecular flexibility index (Phi) is 6.59. The zero-order chi connectivity index (χ0) is 20.8. The fraction of sp³-hybridized carbons (Fsp3) is 0.318. The summed E-state index contributed by atoms with van der Waals surface area (Å²) in [5, 5.41) is 9.58. The van der Waals surface area contributed by atoms with Gasteiger partial charge in [0.25, 0.3) is 5.91 Å². The summed E-state index contributed by atoms with van der Waals surface area (Å²) in [4.78, 5) is 30.6. The van der Waals surface area contributed by atoms with Gasteiger partial charge in [-0.2, -0.15) is 0 Å². The fourth-order valence-corrected chi connectivity index (χ4v) is 3.04. The van der Waals surface area contributed by atoms with Crippen LogP contribution in [-0.4, -0.2) is 35.7 Å². The lowest BCUT2D eigenvalue weighted by Gasteiger charge is -2.21. The third-order valence-corrected chi connectivity index (χ3v) is 4.49. The van der Waals surface area contributed by atoms with E-state index in [1.54, 1.807) is 12.1 Å². The van der Waals surface area contributed by atoms with E-state index in [0.717, 1.165) is 5.56 Å². The van der Waals surface area contributed by atoms with Crippen LogP contribution in [0, 0.1) is 5.82 Å². The Bertz CT molecular complexity index is 882. The highest BCUT2D eigenvalue weighted by atomic mass is 19.1. The second-order valence-electron chi connectivity index (χ2n) is 7.26. The number of carbonyl (C=O) groups excluding carboxylic acids is 2. The van der Waals surface area contributed by atoms with Crippen LogP contribution in [0.4, 0.5) is 4.39 Å². The molecule has 0 saturated carbocycles. The van der Waals surface area contributed by atoms with Crippen LogP contribution in [0.3, 0.4) is 0 Å². The molecule has 2 amide bonds. The van der Waals surface area contributed by atoms with Crippen LogP contribution in [0.15, 0.2) is 59.8 Å². The molecule has 0 radical (unpaired) electrons. The molecule has 2 atom stereocenters. The van der Waals surface area contributed by atoms with Crippen LogP contribution in [0.5, 0.6) is 0 Å². The van der Waals surface area contributed by atoms with Crippen molar-refractivity contribution < 1.29 is 18.8 Å². The van der Waals surface area contributed by atoms with Crippen molar-refractivity contribution in [2.75, 3.05) is 0 Å². The Labute approximate surface area is 169 Å². The Morgan fingerprint density at radius 3 is 2.45 bits per heavy atom. The third-order valence-electron chi connectivity index (χ3n) is 4.49. The summed E-state index contributed by atoms with van der Waals surface area (Å²) < 4.78 is 13.1. The van der Waals surface area contributed by atoms with E-state index >= 15 is 0 Å². The first-order valence-corrected chi connectivity index (χ1v) is 9.55. The predicted molar refractivity (Wildman–Crippen MR) is 108 cm³/mol. The first-order valence-electron chi connectivity index (χ1n) is 9.55. The van der Waals surface area contributed by atoms with Gasteiger partial charge in [-0.15, -0.1) is 0 Å². The zero-order valence-electron chi connectivity index (χ0n) is 16.4. The molecule has 0 saturated heterocycles. The van der Waals surface area contributed by atoms with Gasteiger partial charge in [0.05, 0.1) is 5.71 Å². The van der Waals surface area contributed by atoms with Crippen LogP contribution in [0.25, 0.3) is 0 Å². The largest absolute Gasteiger partial charge is 0.382 e. The Balaban J connectivity index is 1.65. The van der Waals surface area contributed by atoms with Gasteiger partial charge in [0.2, 0.25) is 12.0 Å². The van der Waals surface area contributed by atoms with Gasteiger partial charge in [-0.1, -0.05) is 47.6 Å². The number of benzene rings is 2. The Morgan fingerprint density at radius 1 is 1.10 bits per heavy atom. The summed E-state index contributed by atoms with van der Waals surface area (Å²) in [6.45, 7) is 3.73. The molecule has 2 N–H and O–H groups in total. The topological polar surface area (TPSA) is 79.8 Å². The van der Waals surface area contributed by atoms with Crippen molar-refractivity contribution in [3.63, 3.8) is 0 Å². The van der Waals surface area contributed by atoms with Crippen molar-refractivity contribution in [2.24, 2.45) is 5.16 Å². The molecule has 0 spiro atoms. The van der Waals surface area contributed by atoms with Gasteiger partial charge in [-0.05, 0) is 37.1 Å². The van der Waals surface area contributed by atoms with Crippen molar-refractivity contribution in [2.45, 2.75) is 44.9 Å². The number of carbonyl (C=O) groups is 2. The summed E-state index contributed by atoms with van der Waals surface area (Å²) >= 11 is 0. The van der Waals surface area contributed by atoms with E-state index in [2.05, 4.69) is 15.8 Å². The lowest BCUT2D eigenvalue weighted by molar-refractivity contribution is -0.135. The molecule has 3 rings (SSSR count). The van der Waals surface area contributed by atoms with Gasteiger partial charge in [0.1, 0.15) is 11.9 Å². The molecular formula is C22H24FN3O3. The molecule has 1 aliphatic rings. The number of nitrogens with one attached hydrogen (secondary N) is 2. The smallest absolute Gasteiger partial charge is 0.265 e. The van der Waals surface area contributed by atoms with Crippen molar-refractivity contribution in [3.8, 4) is 0 Å². The molecule has 0 aliphatic carbocycles. The maximum atomic E-state index is 13.1. The number of amides is 2. The maximum Gasteiger partial charge on any atom is 0.265 e. The van der Waals surface area contributed by atoms with Crippen molar-refractivity contribution >= 4 is 17.5 Å². The molecule has 0 bridgehead atoms. The van der Waals surface area contributed by atoms with Crippen LogP contribution < -0.4 is 10.6 Å². The monoisotopic (exact) mass is 397 g/mol. The van der Waals surface area contributed by atoms with E-state index in [9.17, 15) is 14.0 Å². The summed E-state index contributed by atoms with van der Waals surface area (Å²) in [6.07, 6.45) is -0.217. The Morgan fingerprint density at radius 2 is 1.79 bits per heavy atom. The predicted octanol–water partition coefficient (Wildman–Crippen LogP) is 2.57. The quantitative estimate of drug-likeness (QED) is 0.754. The van der Waals surface area contributed by atoms with E-state index in [-0.39, 0.29) is 24.2 Å². The normalized spacial score (nSPS) is 16.7.